The van der Waals surface area contributed by atoms with E-state index in [9.17, 15) is 4.79 Å². The van der Waals surface area contributed by atoms with Crippen LogP contribution < -0.4 is 5.32 Å². The number of hydrogen-bond donors (Lipinski definition) is 1. The van der Waals surface area contributed by atoms with Crippen molar-refractivity contribution in [1.29, 1.82) is 0 Å². The van der Waals surface area contributed by atoms with Crippen LogP contribution in [-0.4, -0.2) is 17.4 Å². The van der Waals surface area contributed by atoms with Crippen molar-refractivity contribution in [3.63, 3.8) is 0 Å². The minimum absolute atomic E-state index is 0.0261. The van der Waals surface area contributed by atoms with E-state index in [2.05, 4.69) is 23.3 Å². The fourth-order valence-electron chi connectivity index (χ4n) is 2.10. The highest BCUT2D eigenvalue weighted by Gasteiger charge is 2.11. The number of fused-ring (bicyclic) bond motifs is 1. The maximum absolute atomic E-state index is 12.1. The Bertz CT molecular complexity index is 605. The quantitative estimate of drug-likeness (QED) is 0.852. The van der Waals surface area contributed by atoms with Gasteiger partial charge in [0.1, 0.15) is 0 Å². The number of pyridine rings is 1. The van der Waals surface area contributed by atoms with E-state index in [1.807, 2.05) is 32.0 Å². The molecule has 1 heterocycles. The third-order valence-corrected chi connectivity index (χ3v) is 3.22. The maximum atomic E-state index is 12.1. The van der Waals surface area contributed by atoms with E-state index in [-0.39, 0.29) is 5.91 Å². The highest BCUT2D eigenvalue weighted by atomic mass is 16.1. The summed E-state index contributed by atoms with van der Waals surface area (Å²) in [4.78, 5) is 16.6. The van der Waals surface area contributed by atoms with Crippen LogP contribution in [0.4, 0.5) is 0 Å². The molecule has 0 aliphatic carbocycles. The van der Waals surface area contributed by atoms with Gasteiger partial charge in [-0.2, -0.15) is 0 Å². The van der Waals surface area contributed by atoms with E-state index >= 15 is 0 Å². The standard InChI is InChI=1S/C16H20N2O/c1-4-5-8-17-16(19)14-10-13-9-11(2)6-7-15(13)18-12(14)3/h6-7,9-10H,4-5,8H2,1-3H3,(H,17,19). The first-order chi connectivity index (χ1) is 9.11. The van der Waals surface area contributed by atoms with Gasteiger partial charge in [-0.05, 0) is 38.5 Å². The van der Waals surface area contributed by atoms with Gasteiger partial charge < -0.3 is 5.32 Å². The molecule has 0 spiro atoms. The molecule has 0 saturated carbocycles. The van der Waals surface area contributed by atoms with Crippen LogP contribution in [0.2, 0.25) is 0 Å². The van der Waals surface area contributed by atoms with Crippen molar-refractivity contribution in [1.82, 2.24) is 10.3 Å². The molecule has 0 bridgehead atoms. The van der Waals surface area contributed by atoms with Gasteiger partial charge in [-0.3, -0.25) is 9.78 Å². The summed E-state index contributed by atoms with van der Waals surface area (Å²) in [6.45, 7) is 6.76. The SMILES string of the molecule is CCCCNC(=O)c1cc2cc(C)ccc2nc1C. The molecule has 1 aromatic carbocycles. The lowest BCUT2D eigenvalue weighted by Gasteiger charge is -2.08. The number of nitrogens with one attached hydrogen (secondary N) is 1. The highest BCUT2D eigenvalue weighted by molar-refractivity contribution is 5.98. The van der Waals surface area contributed by atoms with Crippen molar-refractivity contribution in [3.05, 3.63) is 41.1 Å². The first-order valence-corrected chi connectivity index (χ1v) is 6.78. The fourth-order valence-corrected chi connectivity index (χ4v) is 2.10. The molecule has 0 unspecified atom stereocenters. The molecule has 2 rings (SSSR count). The van der Waals surface area contributed by atoms with Gasteiger partial charge in [0.25, 0.3) is 5.91 Å². The van der Waals surface area contributed by atoms with Crippen LogP contribution in [0.5, 0.6) is 0 Å². The molecule has 0 fully saturated rings. The summed E-state index contributed by atoms with van der Waals surface area (Å²) < 4.78 is 0. The van der Waals surface area contributed by atoms with Gasteiger partial charge in [0.15, 0.2) is 0 Å². The summed E-state index contributed by atoms with van der Waals surface area (Å²) >= 11 is 0. The van der Waals surface area contributed by atoms with Gasteiger partial charge in [-0.1, -0.05) is 25.0 Å². The summed E-state index contributed by atoms with van der Waals surface area (Å²) in [6, 6.07) is 8.03. The van der Waals surface area contributed by atoms with E-state index in [1.165, 1.54) is 5.56 Å². The number of carbonyl (C=O) groups is 1. The minimum Gasteiger partial charge on any atom is -0.352 e. The molecule has 1 amide bonds. The van der Waals surface area contributed by atoms with Crippen LogP contribution in [0, 0.1) is 13.8 Å². The topological polar surface area (TPSA) is 42.0 Å². The zero-order valence-electron chi connectivity index (χ0n) is 11.8. The van der Waals surface area contributed by atoms with Gasteiger partial charge in [0, 0.05) is 11.9 Å². The Balaban J connectivity index is 2.32. The van der Waals surface area contributed by atoms with Crippen LogP contribution in [0.25, 0.3) is 10.9 Å². The summed E-state index contributed by atoms with van der Waals surface area (Å²) in [6.07, 6.45) is 2.08. The smallest absolute Gasteiger partial charge is 0.253 e. The number of amides is 1. The van der Waals surface area contributed by atoms with Crippen molar-refractivity contribution in [2.24, 2.45) is 0 Å². The van der Waals surface area contributed by atoms with Crippen LogP contribution >= 0.6 is 0 Å². The molecule has 0 radical (unpaired) electrons. The first-order valence-electron chi connectivity index (χ1n) is 6.78. The van der Waals surface area contributed by atoms with E-state index in [0.717, 1.165) is 36.0 Å². The Morgan fingerprint density at radius 1 is 1.26 bits per heavy atom. The molecule has 0 aliphatic rings. The van der Waals surface area contributed by atoms with Crippen molar-refractivity contribution in [2.75, 3.05) is 6.54 Å². The second kappa shape index (κ2) is 5.83. The number of aromatic nitrogens is 1. The molecule has 1 N–H and O–H groups in total. The van der Waals surface area contributed by atoms with Gasteiger partial charge >= 0.3 is 0 Å². The van der Waals surface area contributed by atoms with Crippen LogP contribution in [0.15, 0.2) is 24.3 Å². The molecule has 3 nitrogen and oxygen atoms in total. The second-order valence-electron chi connectivity index (χ2n) is 4.93. The normalized spacial score (nSPS) is 10.7. The minimum atomic E-state index is -0.0261. The predicted molar refractivity (Wildman–Crippen MR) is 78.5 cm³/mol. The summed E-state index contributed by atoms with van der Waals surface area (Å²) in [5.41, 5.74) is 3.57. The largest absolute Gasteiger partial charge is 0.352 e. The average Bonchev–Trinajstić information content (AvgIpc) is 2.38. The zero-order chi connectivity index (χ0) is 13.8. The number of rotatable bonds is 4. The Hall–Kier alpha value is -1.90. The average molecular weight is 256 g/mol. The van der Waals surface area contributed by atoms with Gasteiger partial charge in [0.2, 0.25) is 0 Å². The molecule has 100 valence electrons. The second-order valence-corrected chi connectivity index (χ2v) is 4.93. The van der Waals surface area contributed by atoms with E-state index < -0.39 is 0 Å². The van der Waals surface area contributed by atoms with Crippen molar-refractivity contribution in [3.8, 4) is 0 Å². The summed E-state index contributed by atoms with van der Waals surface area (Å²) in [5.74, 6) is -0.0261. The van der Waals surface area contributed by atoms with Gasteiger partial charge in [0.05, 0.1) is 16.8 Å². The summed E-state index contributed by atoms with van der Waals surface area (Å²) in [5, 5.41) is 3.96. The number of nitrogens with zero attached hydrogens (tertiary/aromatic N) is 1. The van der Waals surface area contributed by atoms with Crippen molar-refractivity contribution < 1.29 is 4.79 Å². The molecule has 19 heavy (non-hydrogen) atoms. The lowest BCUT2D eigenvalue weighted by molar-refractivity contribution is 0.0952. The molecule has 3 heteroatoms. The zero-order valence-corrected chi connectivity index (χ0v) is 11.8. The Morgan fingerprint density at radius 2 is 2.05 bits per heavy atom. The van der Waals surface area contributed by atoms with Crippen LogP contribution in [0.3, 0.4) is 0 Å². The van der Waals surface area contributed by atoms with Gasteiger partial charge in [-0.15, -0.1) is 0 Å². The number of hydrogen-bond acceptors (Lipinski definition) is 2. The monoisotopic (exact) mass is 256 g/mol. The lowest BCUT2D eigenvalue weighted by atomic mass is 10.1. The van der Waals surface area contributed by atoms with Crippen molar-refractivity contribution >= 4 is 16.8 Å². The van der Waals surface area contributed by atoms with Gasteiger partial charge in [-0.25, -0.2) is 0 Å². The Morgan fingerprint density at radius 3 is 2.79 bits per heavy atom. The number of aryl methyl sites for hydroxylation is 2. The number of carbonyl (C=O) groups excluding carboxylic acids is 1. The molecule has 2 aromatic rings. The molecule has 0 saturated heterocycles. The molecule has 1 aromatic heterocycles. The predicted octanol–water partition coefficient (Wildman–Crippen LogP) is 3.38. The van der Waals surface area contributed by atoms with E-state index in [4.69, 9.17) is 0 Å². The summed E-state index contributed by atoms with van der Waals surface area (Å²) in [7, 11) is 0. The molecular weight excluding hydrogens is 236 g/mol. The number of unbranched alkanes of at least 4 members (excludes halogenated alkanes) is 1. The fraction of sp³-hybridized carbons (Fsp3) is 0.375. The van der Waals surface area contributed by atoms with Crippen molar-refractivity contribution in [2.45, 2.75) is 33.6 Å². The van der Waals surface area contributed by atoms with Crippen LogP contribution in [-0.2, 0) is 0 Å². The highest BCUT2D eigenvalue weighted by Crippen LogP contribution is 2.18. The van der Waals surface area contributed by atoms with E-state index in [0.29, 0.717) is 5.56 Å². The third-order valence-electron chi connectivity index (χ3n) is 3.22. The Kier molecular flexibility index (Phi) is 4.15. The molecule has 0 aliphatic heterocycles. The van der Waals surface area contributed by atoms with Crippen LogP contribution in [0.1, 0.15) is 41.4 Å². The lowest BCUT2D eigenvalue weighted by Crippen LogP contribution is -2.25. The maximum Gasteiger partial charge on any atom is 0.253 e. The molecular formula is C16H20N2O. The molecule has 0 atom stereocenters. The Labute approximate surface area is 114 Å². The third kappa shape index (κ3) is 3.11. The van der Waals surface area contributed by atoms with E-state index in [1.54, 1.807) is 0 Å². The first kappa shape index (κ1) is 13.5. The number of benzene rings is 1.